The van der Waals surface area contributed by atoms with E-state index in [4.69, 9.17) is 4.74 Å². The van der Waals surface area contributed by atoms with Gasteiger partial charge in [-0.3, -0.25) is 0 Å². The van der Waals surface area contributed by atoms with Crippen molar-refractivity contribution in [2.24, 2.45) is 0 Å². The van der Waals surface area contributed by atoms with Crippen molar-refractivity contribution in [1.82, 2.24) is 0 Å². The third kappa shape index (κ3) is 2.92. The van der Waals surface area contributed by atoms with Crippen LogP contribution in [0, 0.1) is 0 Å². The highest BCUT2D eigenvalue weighted by Crippen LogP contribution is 2.30. The highest BCUT2D eigenvalue weighted by atomic mass is 32.1. The third-order valence-corrected chi connectivity index (χ3v) is 3.90. The van der Waals surface area contributed by atoms with Gasteiger partial charge >= 0.3 is 0 Å². The fourth-order valence-corrected chi connectivity index (χ4v) is 2.77. The van der Waals surface area contributed by atoms with Crippen molar-refractivity contribution in [3.05, 3.63) is 51.7 Å². The second kappa shape index (κ2) is 6.03. The summed E-state index contributed by atoms with van der Waals surface area (Å²) in [5.41, 5.74) is 2.25. The van der Waals surface area contributed by atoms with Gasteiger partial charge in [0.05, 0.1) is 7.11 Å². The van der Waals surface area contributed by atoms with Gasteiger partial charge in [-0.05, 0) is 23.6 Å². The lowest BCUT2D eigenvalue weighted by atomic mass is 10.0. The van der Waals surface area contributed by atoms with Gasteiger partial charge in [-0.2, -0.15) is 0 Å². The number of aliphatic hydroxyl groups is 1. The summed E-state index contributed by atoms with van der Waals surface area (Å²) < 4.78 is 5.13. The number of aliphatic hydroxyl groups excluding tert-OH is 1. The van der Waals surface area contributed by atoms with Crippen molar-refractivity contribution in [3.8, 4) is 5.75 Å². The van der Waals surface area contributed by atoms with Crippen LogP contribution in [0.15, 0.2) is 35.7 Å². The smallest absolute Gasteiger partial charge is 0.129 e. The van der Waals surface area contributed by atoms with Gasteiger partial charge in [0.1, 0.15) is 11.9 Å². The first-order chi connectivity index (χ1) is 8.74. The highest BCUT2D eigenvalue weighted by molar-refractivity contribution is 7.10. The molecule has 0 saturated carbocycles. The van der Waals surface area contributed by atoms with Crippen LogP contribution in [0.5, 0.6) is 5.75 Å². The zero-order chi connectivity index (χ0) is 13.0. The number of ether oxygens (including phenoxy) is 1. The fourth-order valence-electron chi connectivity index (χ4n) is 1.90. The molecule has 1 aromatic carbocycles. The molecule has 1 N–H and O–H groups in total. The molecule has 2 nitrogen and oxygen atoms in total. The van der Waals surface area contributed by atoms with Crippen molar-refractivity contribution in [3.63, 3.8) is 0 Å². The van der Waals surface area contributed by atoms with E-state index in [1.165, 1.54) is 16.9 Å². The van der Waals surface area contributed by atoms with Gasteiger partial charge in [-0.25, -0.2) is 0 Å². The molecule has 0 fully saturated rings. The van der Waals surface area contributed by atoms with E-state index in [-0.39, 0.29) is 0 Å². The van der Waals surface area contributed by atoms with Gasteiger partial charge in [0, 0.05) is 10.3 Å². The lowest BCUT2D eigenvalue weighted by Gasteiger charge is -2.09. The Morgan fingerprint density at radius 2 is 2.00 bits per heavy atom. The van der Waals surface area contributed by atoms with E-state index in [2.05, 4.69) is 19.1 Å². The number of thiophene rings is 1. The molecule has 0 saturated heterocycles. The molecular weight excluding hydrogens is 244 g/mol. The number of benzene rings is 1. The summed E-state index contributed by atoms with van der Waals surface area (Å²) in [6.45, 7) is 2.17. The van der Waals surface area contributed by atoms with Crippen LogP contribution >= 0.6 is 11.3 Å². The lowest BCUT2D eigenvalue weighted by molar-refractivity contribution is 0.224. The lowest BCUT2D eigenvalue weighted by Crippen LogP contribution is -1.97. The van der Waals surface area contributed by atoms with E-state index < -0.39 is 6.10 Å². The number of rotatable bonds is 5. The summed E-state index contributed by atoms with van der Waals surface area (Å²) in [5, 5.41) is 12.2. The minimum absolute atomic E-state index is 0.561. The first-order valence-electron chi connectivity index (χ1n) is 6.14. The number of aryl methyl sites for hydroxylation is 1. The van der Waals surface area contributed by atoms with E-state index in [1.54, 1.807) is 7.11 Å². The molecule has 3 heteroatoms. The predicted molar refractivity (Wildman–Crippen MR) is 75.4 cm³/mol. The van der Waals surface area contributed by atoms with Crippen molar-refractivity contribution in [2.75, 3.05) is 7.11 Å². The van der Waals surface area contributed by atoms with Crippen LogP contribution in [0.2, 0.25) is 0 Å². The Balaban J connectivity index is 2.14. The van der Waals surface area contributed by atoms with Crippen LogP contribution in [0.1, 0.15) is 35.5 Å². The van der Waals surface area contributed by atoms with Crippen LogP contribution in [0.3, 0.4) is 0 Å². The maximum Gasteiger partial charge on any atom is 0.129 e. The van der Waals surface area contributed by atoms with Crippen molar-refractivity contribution in [1.29, 1.82) is 0 Å². The molecule has 0 radical (unpaired) electrons. The highest BCUT2D eigenvalue weighted by Gasteiger charge is 2.13. The summed E-state index contributed by atoms with van der Waals surface area (Å²) >= 11 is 1.52. The Bertz CT molecular complexity index is 487. The molecular formula is C15H18O2S. The Morgan fingerprint density at radius 1 is 1.28 bits per heavy atom. The van der Waals surface area contributed by atoms with Gasteiger partial charge in [-0.15, -0.1) is 11.3 Å². The molecule has 0 aliphatic heterocycles. The Hall–Kier alpha value is -1.32. The van der Waals surface area contributed by atoms with Gasteiger partial charge in [0.15, 0.2) is 0 Å². The zero-order valence-electron chi connectivity index (χ0n) is 10.7. The maximum atomic E-state index is 10.3. The summed E-state index contributed by atoms with van der Waals surface area (Å²) in [5.74, 6) is 0.802. The molecule has 0 aliphatic carbocycles. The molecule has 1 atom stereocenters. The molecule has 96 valence electrons. The predicted octanol–water partition coefficient (Wildman–Crippen LogP) is 3.79. The van der Waals surface area contributed by atoms with Crippen LogP contribution < -0.4 is 4.74 Å². The molecule has 1 aromatic heterocycles. The largest absolute Gasteiger partial charge is 0.496 e. The van der Waals surface area contributed by atoms with Gasteiger partial charge < -0.3 is 9.84 Å². The van der Waals surface area contributed by atoms with Crippen LogP contribution in [-0.4, -0.2) is 12.2 Å². The SMILES string of the molecule is CCCc1ccc(C(O)c2cc(OC)cs2)cc1. The van der Waals surface area contributed by atoms with Crippen LogP contribution in [0.25, 0.3) is 0 Å². The van der Waals surface area contributed by atoms with E-state index in [0.717, 1.165) is 29.0 Å². The molecule has 2 aromatic rings. The monoisotopic (exact) mass is 262 g/mol. The van der Waals surface area contributed by atoms with Gasteiger partial charge in [0.25, 0.3) is 0 Å². The van der Waals surface area contributed by atoms with Crippen LogP contribution in [0.4, 0.5) is 0 Å². The molecule has 0 spiro atoms. The van der Waals surface area contributed by atoms with Crippen molar-refractivity contribution < 1.29 is 9.84 Å². The zero-order valence-corrected chi connectivity index (χ0v) is 11.5. The molecule has 0 amide bonds. The summed E-state index contributed by atoms with van der Waals surface area (Å²) in [6, 6.07) is 10.1. The fraction of sp³-hybridized carbons (Fsp3) is 0.333. The maximum absolute atomic E-state index is 10.3. The van der Waals surface area contributed by atoms with E-state index in [0.29, 0.717) is 0 Å². The molecule has 0 aliphatic rings. The Kier molecular flexibility index (Phi) is 4.39. The third-order valence-electron chi connectivity index (χ3n) is 2.94. The Labute approximate surface area is 112 Å². The van der Waals surface area contributed by atoms with Gasteiger partial charge in [0.2, 0.25) is 0 Å². The molecule has 1 heterocycles. The normalized spacial score (nSPS) is 12.4. The van der Waals surface area contributed by atoms with E-state index in [9.17, 15) is 5.11 Å². The van der Waals surface area contributed by atoms with Crippen LogP contribution in [-0.2, 0) is 6.42 Å². The molecule has 1 unspecified atom stereocenters. The average Bonchev–Trinajstić information content (AvgIpc) is 2.88. The van der Waals surface area contributed by atoms with Gasteiger partial charge in [-0.1, -0.05) is 37.6 Å². The molecule has 0 bridgehead atoms. The van der Waals surface area contributed by atoms with Crippen molar-refractivity contribution >= 4 is 11.3 Å². The molecule has 2 rings (SSSR count). The minimum Gasteiger partial charge on any atom is -0.496 e. The number of methoxy groups -OCH3 is 1. The quantitative estimate of drug-likeness (QED) is 0.888. The topological polar surface area (TPSA) is 29.5 Å². The minimum atomic E-state index is -0.561. The number of hydrogen-bond acceptors (Lipinski definition) is 3. The standard InChI is InChI=1S/C15H18O2S/c1-3-4-11-5-7-12(8-6-11)15(16)14-9-13(17-2)10-18-14/h5-10,15-16H,3-4H2,1-2H3. The first kappa shape index (κ1) is 13.1. The second-order valence-electron chi connectivity index (χ2n) is 4.28. The van der Waals surface area contributed by atoms with E-state index >= 15 is 0 Å². The first-order valence-corrected chi connectivity index (χ1v) is 7.02. The average molecular weight is 262 g/mol. The molecule has 18 heavy (non-hydrogen) atoms. The summed E-state index contributed by atoms with van der Waals surface area (Å²) in [6.07, 6.45) is 1.67. The Morgan fingerprint density at radius 3 is 2.56 bits per heavy atom. The number of hydrogen-bond donors (Lipinski definition) is 1. The second-order valence-corrected chi connectivity index (χ2v) is 5.23. The van der Waals surface area contributed by atoms with Crippen molar-refractivity contribution in [2.45, 2.75) is 25.9 Å². The van der Waals surface area contributed by atoms with E-state index in [1.807, 2.05) is 23.6 Å². The summed E-state index contributed by atoms with van der Waals surface area (Å²) in [4.78, 5) is 0.912. The summed E-state index contributed by atoms with van der Waals surface area (Å²) in [7, 11) is 1.64.